The minimum Gasteiger partial charge on any atom is -0.494 e. The summed E-state index contributed by atoms with van der Waals surface area (Å²) in [5, 5.41) is 24.8. The second-order valence-corrected chi connectivity index (χ2v) is 7.65. The number of aromatic hydroxyl groups is 2. The maximum atomic E-state index is 9.96. The van der Waals surface area contributed by atoms with Crippen LogP contribution in [0.1, 0.15) is 24.8 Å². The first kappa shape index (κ1) is 18.0. The normalized spacial score (nSPS) is 19.2. The van der Waals surface area contributed by atoms with Crippen LogP contribution < -0.4 is 15.6 Å². The molecule has 1 saturated heterocycles. The molecule has 0 radical (unpaired) electrons. The third-order valence-electron chi connectivity index (χ3n) is 5.34. The summed E-state index contributed by atoms with van der Waals surface area (Å²) in [5.41, 5.74) is 1.93. The van der Waals surface area contributed by atoms with Gasteiger partial charge >= 0.3 is 0 Å². The van der Waals surface area contributed by atoms with Gasteiger partial charge in [0, 0.05) is 49.2 Å². The molecule has 152 valence electrons. The summed E-state index contributed by atoms with van der Waals surface area (Å²) in [6.45, 7) is 3.90. The van der Waals surface area contributed by atoms with Gasteiger partial charge in [0.25, 0.3) is 0 Å². The van der Waals surface area contributed by atoms with Gasteiger partial charge in [0.05, 0.1) is 12.8 Å². The van der Waals surface area contributed by atoms with Crippen LogP contribution >= 0.6 is 0 Å². The van der Waals surface area contributed by atoms with Crippen molar-refractivity contribution in [3.8, 4) is 11.8 Å². The Bertz CT molecular complexity index is 1140. The molecule has 2 aliphatic rings. The van der Waals surface area contributed by atoms with E-state index in [4.69, 9.17) is 14.7 Å². The molecule has 29 heavy (non-hydrogen) atoms. The molecular formula is C20H24N6O3. The fourth-order valence-corrected chi connectivity index (χ4v) is 3.55. The Balaban J connectivity index is 1.65. The minimum absolute atomic E-state index is 0.0939. The van der Waals surface area contributed by atoms with E-state index >= 15 is 0 Å². The fraction of sp³-hybridized carbons (Fsp3) is 0.450. The lowest BCUT2D eigenvalue weighted by molar-refractivity contribution is 0.152. The number of nitrogens with one attached hydrogen (secondary N) is 1. The Labute approximate surface area is 167 Å². The number of aromatic amines is 1. The molecule has 3 aromatic rings. The standard InChI is InChI=1S/C20H24N6O3/c27-18-9-14(20(28)24-18)8-15-12-22-26-16(21-11-13-2-3-13)10-17(23-19(15)26)25-4-1-6-29-7-5-25/h8-10,12-13,24,27-28H,1-7,11H2. The predicted molar refractivity (Wildman–Crippen MR) is 107 cm³/mol. The molecule has 4 heterocycles. The summed E-state index contributed by atoms with van der Waals surface area (Å²) in [6.07, 6.45) is 6.89. The Hall–Kier alpha value is -3.07. The third kappa shape index (κ3) is 3.77. The average Bonchev–Trinajstić information content (AvgIpc) is 3.44. The number of nitrogens with zero attached hydrogens (tertiary/aromatic N) is 5. The molecule has 0 amide bonds. The Morgan fingerprint density at radius 2 is 2.14 bits per heavy atom. The van der Waals surface area contributed by atoms with Gasteiger partial charge in [0.15, 0.2) is 22.9 Å². The van der Waals surface area contributed by atoms with Gasteiger partial charge in [0.1, 0.15) is 5.82 Å². The summed E-state index contributed by atoms with van der Waals surface area (Å²) in [5.74, 6) is 1.34. The van der Waals surface area contributed by atoms with Crippen LogP contribution in [0, 0.1) is 5.92 Å². The average molecular weight is 396 g/mol. The van der Waals surface area contributed by atoms with Gasteiger partial charge < -0.3 is 19.8 Å². The van der Waals surface area contributed by atoms with E-state index in [0.717, 1.165) is 49.2 Å². The van der Waals surface area contributed by atoms with Crippen molar-refractivity contribution in [3.05, 3.63) is 34.6 Å². The molecule has 0 unspecified atom stereocenters. The van der Waals surface area contributed by atoms with Gasteiger partial charge in [-0.25, -0.2) is 4.98 Å². The molecule has 1 saturated carbocycles. The zero-order chi connectivity index (χ0) is 19.8. The van der Waals surface area contributed by atoms with Gasteiger partial charge in [0.2, 0.25) is 0 Å². The van der Waals surface area contributed by atoms with Crippen LogP contribution in [0.2, 0.25) is 0 Å². The van der Waals surface area contributed by atoms with E-state index < -0.39 is 0 Å². The minimum atomic E-state index is -0.0960. The number of anilines is 1. The zero-order valence-corrected chi connectivity index (χ0v) is 16.1. The van der Waals surface area contributed by atoms with Crippen molar-refractivity contribution < 1.29 is 14.9 Å². The van der Waals surface area contributed by atoms with Crippen molar-refractivity contribution in [3.63, 3.8) is 0 Å². The number of aromatic nitrogens is 4. The first-order valence-corrected chi connectivity index (χ1v) is 10.0. The van der Waals surface area contributed by atoms with Crippen molar-refractivity contribution in [2.24, 2.45) is 10.9 Å². The van der Waals surface area contributed by atoms with Gasteiger partial charge in [-0.15, -0.1) is 0 Å². The number of rotatable bonds is 4. The van der Waals surface area contributed by atoms with Crippen LogP contribution in [-0.4, -0.2) is 62.6 Å². The lowest BCUT2D eigenvalue weighted by Gasteiger charge is -2.20. The van der Waals surface area contributed by atoms with Crippen molar-refractivity contribution in [2.45, 2.75) is 19.3 Å². The van der Waals surface area contributed by atoms with Crippen LogP contribution in [0.15, 0.2) is 23.3 Å². The molecule has 3 aromatic heterocycles. The number of H-pyrrole nitrogens is 1. The van der Waals surface area contributed by atoms with Crippen molar-refractivity contribution >= 4 is 17.5 Å². The maximum absolute atomic E-state index is 9.96. The van der Waals surface area contributed by atoms with E-state index in [1.165, 1.54) is 18.9 Å². The van der Waals surface area contributed by atoms with Crippen LogP contribution in [-0.2, 0) is 4.74 Å². The first-order chi connectivity index (χ1) is 14.2. The topological polar surface area (TPSA) is 111 Å². The van der Waals surface area contributed by atoms with Gasteiger partial charge in [-0.3, -0.25) is 9.98 Å². The SMILES string of the molecule is Oc1cc(C=c2cnn3c(=NCC4CC4)cc(N4CCCOCC4)nc23)c(O)[nH]1. The molecule has 5 rings (SSSR count). The van der Waals surface area contributed by atoms with E-state index in [-0.39, 0.29) is 11.8 Å². The molecule has 1 aliphatic heterocycles. The molecule has 0 bridgehead atoms. The molecule has 9 heteroatoms. The second kappa shape index (κ2) is 7.40. The molecule has 0 spiro atoms. The Morgan fingerprint density at radius 1 is 1.24 bits per heavy atom. The van der Waals surface area contributed by atoms with Gasteiger partial charge in [-0.05, 0) is 31.3 Å². The molecule has 2 fully saturated rings. The van der Waals surface area contributed by atoms with Crippen LogP contribution in [0.3, 0.4) is 0 Å². The molecule has 0 atom stereocenters. The monoisotopic (exact) mass is 396 g/mol. The van der Waals surface area contributed by atoms with Crippen LogP contribution in [0.4, 0.5) is 5.82 Å². The van der Waals surface area contributed by atoms with E-state index in [9.17, 15) is 10.2 Å². The van der Waals surface area contributed by atoms with Gasteiger partial charge in [-0.2, -0.15) is 9.61 Å². The van der Waals surface area contributed by atoms with Crippen molar-refractivity contribution in [2.75, 3.05) is 37.7 Å². The first-order valence-electron chi connectivity index (χ1n) is 10.0. The second-order valence-electron chi connectivity index (χ2n) is 7.65. The Kier molecular flexibility index (Phi) is 4.59. The molecular weight excluding hydrogens is 372 g/mol. The highest BCUT2D eigenvalue weighted by Gasteiger charge is 2.21. The summed E-state index contributed by atoms with van der Waals surface area (Å²) in [7, 11) is 0. The number of hydrogen-bond acceptors (Lipinski definition) is 7. The number of hydrogen-bond donors (Lipinski definition) is 3. The van der Waals surface area contributed by atoms with E-state index in [1.807, 2.05) is 6.07 Å². The fourth-order valence-electron chi connectivity index (χ4n) is 3.55. The van der Waals surface area contributed by atoms with Crippen molar-refractivity contribution in [1.82, 2.24) is 19.6 Å². The maximum Gasteiger partial charge on any atom is 0.198 e. The van der Waals surface area contributed by atoms with Gasteiger partial charge in [-0.1, -0.05) is 0 Å². The van der Waals surface area contributed by atoms with E-state index in [2.05, 4.69) is 15.0 Å². The summed E-state index contributed by atoms with van der Waals surface area (Å²) in [6, 6.07) is 3.46. The lowest BCUT2D eigenvalue weighted by atomic mass is 10.2. The van der Waals surface area contributed by atoms with E-state index in [1.54, 1.807) is 16.8 Å². The molecule has 1 aliphatic carbocycles. The number of ether oxygens (including phenoxy) is 1. The van der Waals surface area contributed by atoms with Crippen LogP contribution in [0.5, 0.6) is 11.8 Å². The largest absolute Gasteiger partial charge is 0.494 e. The summed E-state index contributed by atoms with van der Waals surface area (Å²) >= 11 is 0. The van der Waals surface area contributed by atoms with Crippen molar-refractivity contribution in [1.29, 1.82) is 0 Å². The quantitative estimate of drug-likeness (QED) is 0.594. The molecule has 9 nitrogen and oxygen atoms in total. The highest BCUT2D eigenvalue weighted by molar-refractivity contribution is 5.62. The number of fused-ring (bicyclic) bond motifs is 1. The Morgan fingerprint density at radius 3 is 2.93 bits per heavy atom. The summed E-state index contributed by atoms with van der Waals surface area (Å²) in [4.78, 5) is 14.4. The lowest BCUT2D eigenvalue weighted by Crippen LogP contribution is -2.30. The molecule has 0 aromatic carbocycles. The zero-order valence-electron chi connectivity index (χ0n) is 16.1. The predicted octanol–water partition coefficient (Wildman–Crippen LogP) is 0.554. The smallest absolute Gasteiger partial charge is 0.198 e. The third-order valence-corrected chi connectivity index (χ3v) is 5.34. The van der Waals surface area contributed by atoms with E-state index in [0.29, 0.717) is 23.7 Å². The van der Waals surface area contributed by atoms with Crippen LogP contribution in [0.25, 0.3) is 11.7 Å². The highest BCUT2D eigenvalue weighted by atomic mass is 16.5. The molecule has 3 N–H and O–H groups in total. The highest BCUT2D eigenvalue weighted by Crippen LogP contribution is 2.28. The summed E-state index contributed by atoms with van der Waals surface area (Å²) < 4.78 is 7.33.